The molecule has 0 bridgehead atoms. The maximum absolute atomic E-state index is 4.36. The predicted molar refractivity (Wildman–Crippen MR) is 121 cm³/mol. The average molecular weight is 390 g/mol. The van der Waals surface area contributed by atoms with Gasteiger partial charge in [-0.3, -0.25) is 9.89 Å². The number of H-pyrrole nitrogens is 1. The molecule has 3 aromatic rings. The highest BCUT2D eigenvalue weighted by Gasteiger charge is 2.14. The summed E-state index contributed by atoms with van der Waals surface area (Å²) in [6, 6.07) is 17.3. The first-order valence-corrected chi connectivity index (χ1v) is 10.6. The number of aliphatic imine (C=N–C) groups is 1. The van der Waals surface area contributed by atoms with Gasteiger partial charge in [0.1, 0.15) is 0 Å². The van der Waals surface area contributed by atoms with Gasteiger partial charge in [-0.05, 0) is 42.0 Å². The number of aromatic amines is 1. The van der Waals surface area contributed by atoms with Crippen LogP contribution in [0.15, 0.2) is 59.7 Å². The van der Waals surface area contributed by atoms with Crippen molar-refractivity contribution >= 4 is 16.9 Å². The second-order valence-corrected chi connectivity index (χ2v) is 7.68. The van der Waals surface area contributed by atoms with Crippen LogP contribution in [0.3, 0.4) is 0 Å². The molecule has 4 rings (SSSR count). The Morgan fingerprint density at radius 3 is 2.72 bits per heavy atom. The van der Waals surface area contributed by atoms with Crippen molar-refractivity contribution in [2.45, 2.75) is 25.8 Å². The first-order chi connectivity index (χ1) is 14.3. The summed E-state index contributed by atoms with van der Waals surface area (Å²) in [5.74, 6) is 0.883. The molecule has 3 N–H and O–H groups in total. The Morgan fingerprint density at radius 1 is 1.03 bits per heavy atom. The number of aromatic nitrogens is 1. The van der Waals surface area contributed by atoms with E-state index in [9.17, 15) is 0 Å². The number of nitrogens with one attached hydrogen (secondary N) is 3. The number of fused-ring (bicyclic) bond motifs is 2. The fourth-order valence-corrected chi connectivity index (χ4v) is 4.13. The lowest BCUT2D eigenvalue weighted by molar-refractivity contribution is 0.251. The summed E-state index contributed by atoms with van der Waals surface area (Å²) in [6.45, 7) is 5.16. The summed E-state index contributed by atoms with van der Waals surface area (Å²) in [6.07, 6.45) is 5.36. The Bertz CT molecular complexity index is 959. The zero-order valence-corrected chi connectivity index (χ0v) is 17.2. The van der Waals surface area contributed by atoms with Crippen molar-refractivity contribution in [1.29, 1.82) is 0 Å². The number of benzene rings is 2. The molecule has 0 atom stereocenters. The second kappa shape index (κ2) is 9.61. The van der Waals surface area contributed by atoms with Crippen molar-refractivity contribution in [2.24, 2.45) is 4.99 Å². The number of hydrogen-bond donors (Lipinski definition) is 3. The molecular weight excluding hydrogens is 358 g/mol. The number of guanidine groups is 1. The monoisotopic (exact) mass is 389 g/mol. The quantitative estimate of drug-likeness (QED) is 0.330. The largest absolute Gasteiger partial charge is 0.361 e. The minimum Gasteiger partial charge on any atom is -0.361 e. The van der Waals surface area contributed by atoms with Crippen LogP contribution in [0.2, 0.25) is 0 Å². The lowest BCUT2D eigenvalue weighted by atomic mass is 10.00. The molecule has 29 heavy (non-hydrogen) atoms. The second-order valence-electron chi connectivity index (χ2n) is 7.68. The van der Waals surface area contributed by atoms with Crippen LogP contribution in [0.5, 0.6) is 0 Å². The Hall–Kier alpha value is -2.79. The van der Waals surface area contributed by atoms with Crippen LogP contribution >= 0.6 is 0 Å². The molecule has 0 fully saturated rings. The van der Waals surface area contributed by atoms with Gasteiger partial charge in [0.2, 0.25) is 0 Å². The van der Waals surface area contributed by atoms with Crippen molar-refractivity contribution in [3.05, 3.63) is 71.4 Å². The Morgan fingerprint density at radius 2 is 1.83 bits per heavy atom. The molecular formula is C24H31N5. The molecule has 0 aliphatic carbocycles. The first-order valence-electron chi connectivity index (χ1n) is 10.6. The zero-order chi connectivity index (χ0) is 19.9. The fourth-order valence-electron chi connectivity index (χ4n) is 4.13. The van der Waals surface area contributed by atoms with E-state index in [0.29, 0.717) is 0 Å². The van der Waals surface area contributed by atoms with E-state index >= 15 is 0 Å². The van der Waals surface area contributed by atoms with Crippen LogP contribution in [-0.2, 0) is 19.4 Å². The molecule has 1 aliphatic heterocycles. The third-order valence-electron chi connectivity index (χ3n) is 5.74. The van der Waals surface area contributed by atoms with E-state index in [1.807, 2.05) is 7.05 Å². The summed E-state index contributed by atoms with van der Waals surface area (Å²) in [5, 5.41) is 8.19. The Balaban J connectivity index is 1.16. The van der Waals surface area contributed by atoms with Crippen LogP contribution in [0.4, 0.5) is 0 Å². The molecule has 1 aromatic heterocycles. The minimum absolute atomic E-state index is 0.866. The third-order valence-corrected chi connectivity index (χ3v) is 5.74. The molecule has 0 unspecified atom stereocenters. The average Bonchev–Trinajstić information content (AvgIpc) is 3.18. The zero-order valence-electron chi connectivity index (χ0n) is 17.2. The van der Waals surface area contributed by atoms with Gasteiger partial charge in [0, 0.05) is 56.9 Å². The standard InChI is InChI=1S/C24H31N5/c1-25-24(27-14-11-20-17-28-23-10-5-4-9-22(20)23)26-13-6-15-29-16-12-19-7-2-3-8-21(19)18-29/h2-5,7-10,17,28H,6,11-16,18H2,1H3,(H2,25,26,27). The maximum Gasteiger partial charge on any atom is 0.190 e. The van der Waals surface area contributed by atoms with Gasteiger partial charge in [-0.2, -0.15) is 0 Å². The highest BCUT2D eigenvalue weighted by atomic mass is 15.2. The molecule has 1 aliphatic rings. The number of nitrogens with zero attached hydrogens (tertiary/aromatic N) is 2. The molecule has 0 saturated heterocycles. The fraction of sp³-hybridized carbons (Fsp3) is 0.375. The van der Waals surface area contributed by atoms with E-state index < -0.39 is 0 Å². The van der Waals surface area contributed by atoms with E-state index in [-0.39, 0.29) is 0 Å². The highest BCUT2D eigenvalue weighted by Crippen LogP contribution is 2.19. The summed E-state index contributed by atoms with van der Waals surface area (Å²) >= 11 is 0. The van der Waals surface area contributed by atoms with Crippen LogP contribution < -0.4 is 10.6 Å². The molecule has 2 aromatic carbocycles. The van der Waals surface area contributed by atoms with Gasteiger partial charge in [0.25, 0.3) is 0 Å². The smallest absolute Gasteiger partial charge is 0.190 e. The molecule has 0 radical (unpaired) electrons. The van der Waals surface area contributed by atoms with Gasteiger partial charge in [-0.25, -0.2) is 0 Å². The predicted octanol–water partition coefficient (Wildman–Crippen LogP) is 3.32. The van der Waals surface area contributed by atoms with Crippen molar-refractivity contribution < 1.29 is 0 Å². The Kier molecular flexibility index (Phi) is 6.47. The summed E-state index contributed by atoms with van der Waals surface area (Å²) < 4.78 is 0. The van der Waals surface area contributed by atoms with Crippen LogP contribution in [0.1, 0.15) is 23.1 Å². The van der Waals surface area contributed by atoms with Crippen LogP contribution in [0.25, 0.3) is 10.9 Å². The van der Waals surface area contributed by atoms with E-state index in [2.05, 4.69) is 80.2 Å². The third kappa shape index (κ3) is 4.98. The van der Waals surface area contributed by atoms with Crippen LogP contribution in [-0.4, -0.2) is 49.1 Å². The van der Waals surface area contributed by atoms with Crippen molar-refractivity contribution in [3.8, 4) is 0 Å². The van der Waals surface area contributed by atoms with Gasteiger partial charge in [0.15, 0.2) is 5.96 Å². The van der Waals surface area contributed by atoms with Gasteiger partial charge < -0.3 is 15.6 Å². The van der Waals surface area contributed by atoms with Gasteiger partial charge in [-0.15, -0.1) is 0 Å². The van der Waals surface area contributed by atoms with Crippen molar-refractivity contribution in [2.75, 3.05) is 33.2 Å². The van der Waals surface area contributed by atoms with Crippen LogP contribution in [0, 0.1) is 0 Å². The van der Waals surface area contributed by atoms with E-state index in [0.717, 1.165) is 51.5 Å². The van der Waals surface area contributed by atoms with Gasteiger partial charge in [-0.1, -0.05) is 42.5 Å². The summed E-state index contributed by atoms with van der Waals surface area (Å²) in [5.41, 5.74) is 5.54. The molecule has 152 valence electrons. The molecule has 0 saturated carbocycles. The van der Waals surface area contributed by atoms with E-state index in [1.54, 1.807) is 0 Å². The topological polar surface area (TPSA) is 55.5 Å². The minimum atomic E-state index is 0.866. The summed E-state index contributed by atoms with van der Waals surface area (Å²) in [4.78, 5) is 10.3. The maximum atomic E-state index is 4.36. The number of para-hydroxylation sites is 1. The van der Waals surface area contributed by atoms with E-state index in [1.165, 1.54) is 34.0 Å². The number of rotatable bonds is 7. The van der Waals surface area contributed by atoms with Crippen molar-refractivity contribution in [1.82, 2.24) is 20.5 Å². The highest BCUT2D eigenvalue weighted by molar-refractivity contribution is 5.83. The molecule has 5 heteroatoms. The molecule has 2 heterocycles. The SMILES string of the molecule is CN=C(NCCCN1CCc2ccccc2C1)NCCc1c[nH]c2ccccc12. The number of hydrogen-bond acceptors (Lipinski definition) is 2. The lowest BCUT2D eigenvalue weighted by Crippen LogP contribution is -2.40. The summed E-state index contributed by atoms with van der Waals surface area (Å²) in [7, 11) is 1.84. The van der Waals surface area contributed by atoms with Crippen molar-refractivity contribution in [3.63, 3.8) is 0 Å². The van der Waals surface area contributed by atoms with Gasteiger partial charge >= 0.3 is 0 Å². The Labute approximate surface area is 173 Å². The first kappa shape index (κ1) is 19.5. The normalized spacial score (nSPS) is 14.7. The van der Waals surface area contributed by atoms with E-state index in [4.69, 9.17) is 0 Å². The van der Waals surface area contributed by atoms with Gasteiger partial charge in [0.05, 0.1) is 0 Å². The molecule has 5 nitrogen and oxygen atoms in total. The molecule has 0 spiro atoms. The lowest BCUT2D eigenvalue weighted by Gasteiger charge is -2.28. The molecule has 0 amide bonds.